The molecule has 0 bridgehead atoms. The molecule has 134 valence electrons. The minimum absolute atomic E-state index is 0.658. The highest BCUT2D eigenvalue weighted by atomic mass is 32.2. The molecule has 0 aliphatic carbocycles. The van der Waals surface area contributed by atoms with Crippen LogP contribution in [0, 0.1) is 0 Å². The van der Waals surface area contributed by atoms with E-state index in [0.29, 0.717) is 11.1 Å². The molecule has 5 nitrogen and oxygen atoms in total. The van der Waals surface area contributed by atoms with Gasteiger partial charge in [-0.05, 0) is 18.2 Å². The van der Waals surface area contributed by atoms with Gasteiger partial charge < -0.3 is 9.12 Å². The lowest BCUT2D eigenvalue weighted by molar-refractivity contribution is 0.587. The van der Waals surface area contributed by atoms with Gasteiger partial charge in [0.15, 0.2) is 10.5 Å². The number of imidazole rings is 1. The Morgan fingerprint density at radius 1 is 1.00 bits per heavy atom. The summed E-state index contributed by atoms with van der Waals surface area (Å²) in [5, 5.41) is 0.900. The van der Waals surface area contributed by atoms with E-state index in [0.717, 1.165) is 32.7 Å². The van der Waals surface area contributed by atoms with Crippen molar-refractivity contribution >= 4 is 46.7 Å². The molecule has 0 amide bonds. The maximum absolute atomic E-state index is 13.0. The molecule has 0 spiro atoms. The van der Waals surface area contributed by atoms with E-state index in [4.69, 9.17) is 12.8 Å². The van der Waals surface area contributed by atoms with Crippen molar-refractivity contribution in [3.63, 3.8) is 0 Å². The van der Waals surface area contributed by atoms with Gasteiger partial charge in [-0.15, -0.1) is 3.97 Å². The molecule has 0 aliphatic rings. The highest BCUT2D eigenvalue weighted by Gasteiger charge is 2.21. The summed E-state index contributed by atoms with van der Waals surface area (Å²) in [5.74, 6) is 0.777. The smallest absolute Gasteiger partial charge is 0.188 e. The number of hydrogen-bond donors (Lipinski definition) is 0. The fourth-order valence-corrected chi connectivity index (χ4v) is 4.58. The molecule has 0 saturated heterocycles. The van der Waals surface area contributed by atoms with Crippen LogP contribution in [0.15, 0.2) is 78.0 Å². The molecule has 0 N–H and O–H groups in total. The van der Waals surface area contributed by atoms with Crippen molar-refractivity contribution in [2.75, 3.05) is 0 Å². The van der Waals surface area contributed by atoms with Gasteiger partial charge in [0.1, 0.15) is 30.5 Å². The Hall–Kier alpha value is -3.03. The van der Waals surface area contributed by atoms with E-state index in [1.54, 1.807) is 10.2 Å². The highest BCUT2D eigenvalue weighted by molar-refractivity contribution is 7.90. The molecule has 5 aromatic rings. The Labute approximate surface area is 166 Å². The lowest BCUT2D eigenvalue weighted by Gasteiger charge is -2.10. The monoisotopic (exact) mass is 382 g/mol. The van der Waals surface area contributed by atoms with Crippen LogP contribution in [0.2, 0.25) is 0 Å². The van der Waals surface area contributed by atoms with Crippen LogP contribution in [0.4, 0.5) is 0 Å². The molecule has 1 atom stereocenters. The van der Waals surface area contributed by atoms with Gasteiger partial charge >= 0.3 is 0 Å². The molecular formula is C21H15BN4OS. The quantitative estimate of drug-likeness (QED) is 0.356. The number of rotatable bonds is 3. The van der Waals surface area contributed by atoms with Crippen molar-refractivity contribution in [1.82, 2.24) is 18.5 Å². The Morgan fingerprint density at radius 3 is 2.54 bits per heavy atom. The van der Waals surface area contributed by atoms with E-state index < -0.39 is 11.4 Å². The maximum atomic E-state index is 13.0. The fourth-order valence-electron chi connectivity index (χ4n) is 3.49. The third-order valence-electron chi connectivity index (χ3n) is 4.84. The van der Waals surface area contributed by atoms with Crippen LogP contribution < -0.4 is 5.46 Å². The number of aromatic nitrogens is 4. The highest BCUT2D eigenvalue weighted by Crippen LogP contribution is 2.30. The predicted molar refractivity (Wildman–Crippen MR) is 113 cm³/mol. The zero-order chi connectivity index (χ0) is 19.3. The number of aryl methyl sites for hydroxylation is 1. The number of nitrogens with zero attached hydrogens (tertiary/aromatic N) is 4. The molecule has 0 aliphatic heterocycles. The lowest BCUT2D eigenvalue weighted by atomic mass is 9.90. The van der Waals surface area contributed by atoms with Crippen LogP contribution in [0.3, 0.4) is 0 Å². The van der Waals surface area contributed by atoms with Crippen molar-refractivity contribution in [3.8, 4) is 11.4 Å². The van der Waals surface area contributed by atoms with Gasteiger partial charge in [-0.1, -0.05) is 47.9 Å². The molecule has 0 fully saturated rings. The molecular weight excluding hydrogens is 367 g/mol. The van der Waals surface area contributed by atoms with Gasteiger partial charge in [-0.3, -0.25) is 0 Å². The third-order valence-corrected chi connectivity index (χ3v) is 6.17. The summed E-state index contributed by atoms with van der Waals surface area (Å²) in [5.41, 5.74) is 3.92. The number of fused-ring (bicyclic) bond motifs is 3. The number of hydrogen-bond acceptors (Lipinski definition) is 3. The van der Waals surface area contributed by atoms with Crippen molar-refractivity contribution in [2.45, 2.75) is 4.90 Å². The standard InChI is InChI=1S/C21H15BN4OS/c1-25-19-16-11-12-26(28(27)14-7-3-2-4-8-14)20(16)23-13-18(19)24-21(25)15-9-5-6-10-17(15)22/h2-13H,1H3. The predicted octanol–water partition coefficient (Wildman–Crippen LogP) is 2.95. The molecule has 2 aromatic carbocycles. The summed E-state index contributed by atoms with van der Waals surface area (Å²) in [4.78, 5) is 10.0. The first-order valence-electron chi connectivity index (χ1n) is 8.80. The second kappa shape index (κ2) is 6.54. The molecule has 7 heteroatoms. The average Bonchev–Trinajstić information content (AvgIpc) is 3.29. The van der Waals surface area contributed by atoms with Gasteiger partial charge in [0.25, 0.3) is 0 Å². The molecule has 3 aromatic heterocycles. The van der Waals surface area contributed by atoms with Crippen LogP contribution in [0.5, 0.6) is 0 Å². The second-order valence-corrected chi connectivity index (χ2v) is 7.88. The van der Waals surface area contributed by atoms with Crippen molar-refractivity contribution < 1.29 is 4.55 Å². The zero-order valence-corrected chi connectivity index (χ0v) is 15.9. The Morgan fingerprint density at radius 2 is 1.75 bits per heavy atom. The van der Waals surface area contributed by atoms with Gasteiger partial charge in [0.2, 0.25) is 0 Å². The van der Waals surface area contributed by atoms with Crippen LogP contribution in [0.1, 0.15) is 0 Å². The zero-order valence-electron chi connectivity index (χ0n) is 15.1. The third kappa shape index (κ3) is 2.55. The van der Waals surface area contributed by atoms with E-state index >= 15 is 0 Å². The molecule has 28 heavy (non-hydrogen) atoms. The first kappa shape index (κ1) is 17.1. The number of pyridine rings is 1. The van der Waals surface area contributed by atoms with Gasteiger partial charge in [-0.2, -0.15) is 0 Å². The first-order valence-corrected chi connectivity index (χ1v) is 9.90. The average molecular weight is 382 g/mol. The second-order valence-electron chi connectivity index (χ2n) is 6.51. The minimum Gasteiger partial charge on any atom is -0.587 e. The van der Waals surface area contributed by atoms with Crippen LogP contribution in [-0.2, 0) is 18.4 Å². The lowest BCUT2D eigenvalue weighted by Crippen LogP contribution is -2.12. The van der Waals surface area contributed by atoms with E-state index in [1.807, 2.05) is 78.5 Å². The molecule has 5 rings (SSSR count). The summed E-state index contributed by atoms with van der Waals surface area (Å²) in [6, 6.07) is 19.0. The topological polar surface area (TPSA) is 58.7 Å². The SMILES string of the molecule is [B]c1ccccc1-c1nc2cnc3c(ccn3[S+]([O-])c3ccccc3)c2n1C. The summed E-state index contributed by atoms with van der Waals surface area (Å²) >= 11 is -1.37. The largest absolute Gasteiger partial charge is 0.587 e. The molecule has 1 unspecified atom stereocenters. The Bertz CT molecular complexity index is 1310. The van der Waals surface area contributed by atoms with Crippen LogP contribution in [0.25, 0.3) is 33.5 Å². The maximum Gasteiger partial charge on any atom is 0.188 e. The van der Waals surface area contributed by atoms with E-state index in [-0.39, 0.29) is 0 Å². The summed E-state index contributed by atoms with van der Waals surface area (Å²) in [6.45, 7) is 0. The van der Waals surface area contributed by atoms with Gasteiger partial charge in [0.05, 0.1) is 17.9 Å². The van der Waals surface area contributed by atoms with Crippen LogP contribution >= 0.6 is 0 Å². The van der Waals surface area contributed by atoms with Crippen molar-refractivity contribution in [3.05, 3.63) is 73.1 Å². The minimum atomic E-state index is -1.37. The summed E-state index contributed by atoms with van der Waals surface area (Å²) in [7, 11) is 8.11. The van der Waals surface area contributed by atoms with Crippen molar-refractivity contribution in [1.29, 1.82) is 0 Å². The normalized spacial score (nSPS) is 12.6. The summed E-state index contributed by atoms with van der Waals surface area (Å²) < 4.78 is 16.7. The fraction of sp³-hybridized carbons (Fsp3) is 0.0476. The number of benzene rings is 2. The summed E-state index contributed by atoms with van der Waals surface area (Å²) in [6.07, 6.45) is 3.53. The molecule has 2 radical (unpaired) electrons. The Balaban J connectivity index is 1.71. The Kier molecular flexibility index (Phi) is 4.00. The van der Waals surface area contributed by atoms with Crippen LogP contribution in [-0.4, -0.2) is 30.9 Å². The van der Waals surface area contributed by atoms with Gasteiger partial charge in [0, 0.05) is 18.0 Å². The first-order chi connectivity index (χ1) is 13.6. The van der Waals surface area contributed by atoms with E-state index in [1.165, 1.54) is 0 Å². The molecule has 3 heterocycles. The van der Waals surface area contributed by atoms with E-state index in [9.17, 15) is 4.55 Å². The van der Waals surface area contributed by atoms with Crippen molar-refractivity contribution in [2.24, 2.45) is 7.05 Å². The van der Waals surface area contributed by atoms with E-state index in [2.05, 4.69) is 4.98 Å². The molecule has 0 saturated carbocycles. The van der Waals surface area contributed by atoms with Gasteiger partial charge in [-0.25, -0.2) is 9.97 Å².